The smallest absolute Gasteiger partial charge is 0.141 e. The molecule has 10 rings (SSSR count). The van der Waals surface area contributed by atoms with Gasteiger partial charge in [-0.15, -0.1) is 0 Å². The Bertz CT molecular complexity index is 2410. The summed E-state index contributed by atoms with van der Waals surface area (Å²) in [6, 6.07) is 45.5. The molecule has 1 fully saturated rings. The number of hydrogen-bond donors (Lipinski definition) is 0. The minimum atomic E-state index is -0.314. The highest BCUT2D eigenvalue weighted by Gasteiger charge is 2.51. The molecule has 2 aromatic heterocycles. The van der Waals surface area contributed by atoms with Crippen molar-refractivity contribution in [1.29, 1.82) is 0 Å². The van der Waals surface area contributed by atoms with E-state index in [1.54, 1.807) is 0 Å². The van der Waals surface area contributed by atoms with Crippen molar-refractivity contribution in [3.05, 3.63) is 150 Å². The lowest BCUT2D eigenvalue weighted by Crippen LogP contribution is -2.23. The minimum Gasteiger partial charge on any atom is -0.456 e. The van der Waals surface area contributed by atoms with E-state index in [9.17, 15) is 0 Å². The summed E-state index contributed by atoms with van der Waals surface area (Å²) >= 11 is 0. The van der Waals surface area contributed by atoms with Gasteiger partial charge in [-0.05, 0) is 83.5 Å². The van der Waals surface area contributed by atoms with Gasteiger partial charge in [0.25, 0.3) is 0 Å². The Morgan fingerprint density at radius 3 is 1.89 bits per heavy atom. The quantitative estimate of drug-likeness (QED) is 0.208. The van der Waals surface area contributed by atoms with Crippen molar-refractivity contribution >= 4 is 60.9 Å². The van der Waals surface area contributed by atoms with E-state index in [2.05, 4.69) is 146 Å². The molecule has 1 saturated carbocycles. The first-order valence-corrected chi connectivity index (χ1v) is 15.9. The van der Waals surface area contributed by atoms with Crippen LogP contribution in [0.15, 0.2) is 136 Å². The van der Waals surface area contributed by atoms with Crippen LogP contribution in [0.2, 0.25) is 0 Å². The first kappa shape index (κ1) is 25.1. The predicted octanol–water partition coefficient (Wildman–Crippen LogP) is 11.9. The Labute approximate surface area is 261 Å². The van der Waals surface area contributed by atoms with Crippen LogP contribution in [0, 0.1) is 0 Å². The van der Waals surface area contributed by atoms with E-state index in [1.807, 2.05) is 0 Å². The number of para-hydroxylation sites is 4. The molecular formula is C42H31NO2. The number of benzene rings is 6. The molecule has 2 unspecified atom stereocenters. The fourth-order valence-corrected chi connectivity index (χ4v) is 8.35. The van der Waals surface area contributed by atoms with Crippen LogP contribution in [-0.2, 0) is 5.41 Å². The SMILES string of the molecule is CC1(C)c2cc(N(c3ccccc3)c3ccccc3)c3c(oc4ccccc43)c2C2CC2c2ccc3oc4ccccc4c3c21. The van der Waals surface area contributed by atoms with Gasteiger partial charge in [0.2, 0.25) is 0 Å². The van der Waals surface area contributed by atoms with Crippen LogP contribution >= 0.6 is 0 Å². The highest BCUT2D eigenvalue weighted by Crippen LogP contribution is 2.65. The molecule has 0 amide bonds. The van der Waals surface area contributed by atoms with Gasteiger partial charge >= 0.3 is 0 Å². The average molecular weight is 582 g/mol. The van der Waals surface area contributed by atoms with E-state index < -0.39 is 0 Å². The van der Waals surface area contributed by atoms with Crippen molar-refractivity contribution in [1.82, 2.24) is 0 Å². The minimum absolute atomic E-state index is 0.314. The van der Waals surface area contributed by atoms with Crippen molar-refractivity contribution in [2.24, 2.45) is 0 Å². The molecule has 3 heteroatoms. The Balaban J connectivity index is 1.36. The zero-order valence-electron chi connectivity index (χ0n) is 25.2. The molecule has 8 aromatic rings. The van der Waals surface area contributed by atoms with Crippen LogP contribution in [0.5, 0.6) is 0 Å². The second kappa shape index (κ2) is 8.89. The second-order valence-electron chi connectivity index (χ2n) is 13.2. The van der Waals surface area contributed by atoms with Crippen molar-refractivity contribution in [3.8, 4) is 0 Å². The van der Waals surface area contributed by atoms with Gasteiger partial charge in [0.1, 0.15) is 22.3 Å². The Hall–Kier alpha value is -5.28. The topological polar surface area (TPSA) is 29.5 Å². The van der Waals surface area contributed by atoms with Gasteiger partial charge in [0.05, 0.1) is 11.1 Å². The molecule has 2 aliphatic rings. The molecule has 45 heavy (non-hydrogen) atoms. The molecule has 6 aromatic carbocycles. The summed E-state index contributed by atoms with van der Waals surface area (Å²) in [6.07, 6.45) is 1.13. The van der Waals surface area contributed by atoms with Crippen molar-refractivity contribution in [3.63, 3.8) is 0 Å². The molecule has 0 saturated heterocycles. The molecule has 0 spiro atoms. The van der Waals surface area contributed by atoms with Crippen LogP contribution in [0.1, 0.15) is 54.4 Å². The lowest BCUT2D eigenvalue weighted by Gasteiger charge is -2.33. The van der Waals surface area contributed by atoms with E-state index >= 15 is 0 Å². The largest absolute Gasteiger partial charge is 0.456 e. The van der Waals surface area contributed by atoms with Crippen LogP contribution in [0.4, 0.5) is 17.1 Å². The summed E-state index contributed by atoms with van der Waals surface area (Å²) in [5.41, 5.74) is 12.5. The maximum absolute atomic E-state index is 6.96. The normalized spacial score (nSPS) is 18.1. The van der Waals surface area contributed by atoms with Crippen LogP contribution in [-0.4, -0.2) is 0 Å². The van der Waals surface area contributed by atoms with Crippen molar-refractivity contribution in [2.75, 3.05) is 4.90 Å². The maximum Gasteiger partial charge on any atom is 0.141 e. The standard InChI is InChI=1S/C42H31NO2/c1-42(2)32-24-33(43(25-13-5-3-6-14-25)26-15-7-4-8-16-26)38-28-17-9-12-20-35(28)45-41(38)37(32)31-23-30(31)27-21-22-36-39(40(27)42)29-18-10-11-19-34(29)44-36/h3-22,24,30-31H,23H2,1-2H3. The third-order valence-corrected chi connectivity index (χ3v) is 10.4. The monoisotopic (exact) mass is 581 g/mol. The Kier molecular flexibility index (Phi) is 4.96. The van der Waals surface area contributed by atoms with Crippen LogP contribution in [0.3, 0.4) is 0 Å². The maximum atomic E-state index is 6.96. The first-order chi connectivity index (χ1) is 22.1. The highest BCUT2D eigenvalue weighted by molar-refractivity contribution is 6.15. The average Bonchev–Trinajstić information content (AvgIpc) is 3.64. The fourth-order valence-electron chi connectivity index (χ4n) is 8.35. The number of anilines is 3. The molecule has 2 heterocycles. The zero-order chi connectivity index (χ0) is 29.9. The number of hydrogen-bond acceptors (Lipinski definition) is 3. The third-order valence-electron chi connectivity index (χ3n) is 10.4. The third kappa shape index (κ3) is 3.41. The van der Waals surface area contributed by atoms with Gasteiger partial charge in [-0.2, -0.15) is 0 Å². The molecule has 2 atom stereocenters. The lowest BCUT2D eigenvalue weighted by molar-refractivity contribution is 0.625. The Morgan fingerprint density at radius 2 is 1.20 bits per heavy atom. The fraction of sp³-hybridized carbons (Fsp3) is 0.143. The number of nitrogens with zero attached hydrogens (tertiary/aromatic N) is 1. The van der Waals surface area contributed by atoms with Gasteiger partial charge in [-0.3, -0.25) is 0 Å². The number of fused-ring (bicyclic) bond motifs is 13. The number of rotatable bonds is 3. The molecular weight excluding hydrogens is 550 g/mol. The lowest BCUT2D eigenvalue weighted by atomic mass is 9.72. The summed E-state index contributed by atoms with van der Waals surface area (Å²) in [4.78, 5) is 2.41. The van der Waals surface area contributed by atoms with E-state index in [-0.39, 0.29) is 5.41 Å². The van der Waals surface area contributed by atoms with Crippen molar-refractivity contribution in [2.45, 2.75) is 37.5 Å². The summed E-state index contributed by atoms with van der Waals surface area (Å²) in [5, 5.41) is 4.78. The molecule has 216 valence electrons. The van der Waals surface area contributed by atoms with E-state index in [0.29, 0.717) is 11.8 Å². The molecule has 0 aliphatic heterocycles. The Morgan fingerprint density at radius 1 is 0.600 bits per heavy atom. The van der Waals surface area contributed by atoms with Gasteiger partial charge in [0, 0.05) is 38.5 Å². The molecule has 2 aliphatic carbocycles. The highest BCUT2D eigenvalue weighted by atomic mass is 16.3. The van der Waals surface area contributed by atoms with Crippen molar-refractivity contribution < 1.29 is 8.83 Å². The van der Waals surface area contributed by atoms with Gasteiger partial charge in [0.15, 0.2) is 0 Å². The molecule has 0 radical (unpaired) electrons. The number of furan rings is 2. The zero-order valence-corrected chi connectivity index (χ0v) is 25.2. The van der Waals surface area contributed by atoms with Crippen LogP contribution < -0.4 is 4.90 Å². The van der Waals surface area contributed by atoms with E-state index in [1.165, 1.54) is 38.4 Å². The van der Waals surface area contributed by atoms with E-state index in [0.717, 1.165) is 51.2 Å². The summed E-state index contributed by atoms with van der Waals surface area (Å²) in [6.45, 7) is 4.81. The van der Waals surface area contributed by atoms with Gasteiger partial charge < -0.3 is 13.7 Å². The first-order valence-electron chi connectivity index (χ1n) is 15.9. The summed E-state index contributed by atoms with van der Waals surface area (Å²) < 4.78 is 13.4. The van der Waals surface area contributed by atoms with Gasteiger partial charge in [-0.25, -0.2) is 0 Å². The molecule has 3 nitrogen and oxygen atoms in total. The second-order valence-corrected chi connectivity index (χ2v) is 13.2. The summed E-state index contributed by atoms with van der Waals surface area (Å²) in [5.74, 6) is 0.871. The van der Waals surface area contributed by atoms with Crippen LogP contribution in [0.25, 0.3) is 43.9 Å². The summed E-state index contributed by atoms with van der Waals surface area (Å²) in [7, 11) is 0. The molecule has 0 bridgehead atoms. The van der Waals surface area contributed by atoms with Gasteiger partial charge in [-0.1, -0.05) is 92.7 Å². The predicted molar refractivity (Wildman–Crippen MR) is 184 cm³/mol. The van der Waals surface area contributed by atoms with E-state index in [4.69, 9.17) is 8.83 Å². The molecule has 0 N–H and O–H groups in total.